The number of pyridine rings is 1. The predicted molar refractivity (Wildman–Crippen MR) is 111 cm³/mol. The molecule has 0 fully saturated rings. The molecule has 15 nitrogen and oxygen atoms in total. The van der Waals surface area contributed by atoms with Gasteiger partial charge in [-0.25, -0.2) is 4.79 Å². The Morgan fingerprint density at radius 1 is 1.00 bits per heavy atom. The van der Waals surface area contributed by atoms with Gasteiger partial charge in [0.25, 0.3) is 0 Å². The molecule has 1 aromatic heterocycles. The van der Waals surface area contributed by atoms with Crippen LogP contribution in [-0.2, 0) is 20.8 Å². The number of carboxylic acid groups (broad SMARTS) is 2. The number of nitro groups is 2. The van der Waals surface area contributed by atoms with Crippen LogP contribution < -0.4 is 10.7 Å². The number of phenols is 1. The number of carbonyl (C=O) groups excluding carboxylic acids is 1. The van der Waals surface area contributed by atoms with Crippen molar-refractivity contribution in [3.05, 3.63) is 72.7 Å². The summed E-state index contributed by atoms with van der Waals surface area (Å²) in [4.78, 5) is 67.6. The molecule has 34 heavy (non-hydrogen) atoms. The molecule has 15 heteroatoms. The second kappa shape index (κ2) is 10.7. The molecular formula is C19H18N4O11. The maximum Gasteiger partial charge on any atom is 0.339 e. The van der Waals surface area contributed by atoms with Crippen LogP contribution in [0.2, 0.25) is 0 Å². The third kappa shape index (κ3) is 6.35. The second-order valence-electron chi connectivity index (χ2n) is 7.04. The average molecular weight is 478 g/mol. The summed E-state index contributed by atoms with van der Waals surface area (Å²) in [6, 6.07) is 2.25. The molecule has 0 aliphatic carbocycles. The number of nitrogens with one attached hydrogen (secondary N) is 1. The number of carbonyl (C=O) groups is 3. The van der Waals surface area contributed by atoms with Gasteiger partial charge >= 0.3 is 28.7 Å². The fraction of sp³-hybridized carbons (Fsp3) is 0.263. The molecule has 4 N–H and O–H groups in total. The number of hydrogen-bond donors (Lipinski definition) is 4. The molecule has 1 amide bonds. The molecule has 1 heterocycles. The summed E-state index contributed by atoms with van der Waals surface area (Å²) in [5.74, 6) is -3.99. The second-order valence-corrected chi connectivity index (χ2v) is 7.04. The fourth-order valence-electron chi connectivity index (χ4n) is 3.02. The van der Waals surface area contributed by atoms with Crippen LogP contribution in [0.25, 0.3) is 0 Å². The lowest BCUT2D eigenvalue weighted by atomic mass is 10.0. The minimum absolute atomic E-state index is 0.0743. The summed E-state index contributed by atoms with van der Waals surface area (Å²) in [5.41, 5.74) is -3.54. The number of aromatic hydroxyl groups is 1. The Hall–Kier alpha value is -4.82. The SMILES string of the molecule is O=C(O)CC[C@H](C(=O)N[C@H](Cc1ccc(O)cc1)C(=O)O)n1cc([N+](=O)[O-])c(=O)c([N+](=O)[O-])c1. The molecular weight excluding hydrogens is 460 g/mol. The first-order chi connectivity index (χ1) is 15.9. The van der Waals surface area contributed by atoms with Crippen LogP contribution >= 0.6 is 0 Å². The number of nitrogens with zero attached hydrogens (tertiary/aromatic N) is 3. The average Bonchev–Trinajstić information content (AvgIpc) is 2.74. The number of aromatic nitrogens is 1. The number of rotatable bonds is 11. The first-order valence-electron chi connectivity index (χ1n) is 9.48. The largest absolute Gasteiger partial charge is 0.508 e. The Morgan fingerprint density at radius 3 is 1.97 bits per heavy atom. The molecule has 1 aromatic carbocycles. The standard InChI is InChI=1S/C19H18N4O11/c24-11-3-1-10(2-4-11)7-12(19(29)30)20-18(28)13(5-6-16(25)26)21-8-14(22(31)32)17(27)15(9-21)23(33)34/h1-4,8-9,12-13,24H,5-7H2,(H,20,28)(H,25,26)(H,29,30)/t12-,13-/m1/s1. The van der Waals surface area contributed by atoms with Crippen molar-refractivity contribution in [1.82, 2.24) is 9.88 Å². The van der Waals surface area contributed by atoms with Gasteiger partial charge in [0.2, 0.25) is 5.91 Å². The van der Waals surface area contributed by atoms with Crippen LogP contribution in [0.4, 0.5) is 11.4 Å². The molecule has 2 atom stereocenters. The van der Waals surface area contributed by atoms with E-state index < -0.39 is 69.4 Å². The van der Waals surface area contributed by atoms with Gasteiger partial charge in [-0.3, -0.25) is 34.6 Å². The normalized spacial score (nSPS) is 12.4. The smallest absolute Gasteiger partial charge is 0.339 e. The third-order valence-corrected chi connectivity index (χ3v) is 4.69. The van der Waals surface area contributed by atoms with Crippen LogP contribution in [0.15, 0.2) is 41.5 Å². The Balaban J connectivity index is 2.45. The minimum atomic E-state index is -1.63. The minimum Gasteiger partial charge on any atom is -0.508 e. The van der Waals surface area contributed by atoms with Crippen molar-refractivity contribution in [2.45, 2.75) is 31.3 Å². The van der Waals surface area contributed by atoms with Gasteiger partial charge in [0, 0.05) is 12.8 Å². The van der Waals surface area contributed by atoms with E-state index >= 15 is 0 Å². The van der Waals surface area contributed by atoms with E-state index in [1.165, 1.54) is 24.3 Å². The lowest BCUT2D eigenvalue weighted by Crippen LogP contribution is -2.45. The summed E-state index contributed by atoms with van der Waals surface area (Å²) in [5, 5.41) is 52.4. The van der Waals surface area contributed by atoms with E-state index in [4.69, 9.17) is 5.11 Å². The number of carboxylic acids is 2. The lowest BCUT2D eigenvalue weighted by molar-refractivity contribution is -0.397. The number of benzene rings is 1. The van der Waals surface area contributed by atoms with Gasteiger partial charge in [0.05, 0.1) is 22.2 Å². The van der Waals surface area contributed by atoms with Crippen LogP contribution in [-0.4, -0.2) is 53.6 Å². The summed E-state index contributed by atoms with van der Waals surface area (Å²) in [7, 11) is 0. The number of amides is 1. The van der Waals surface area contributed by atoms with E-state index in [1.807, 2.05) is 0 Å². The third-order valence-electron chi connectivity index (χ3n) is 4.69. The Bertz CT molecular complexity index is 1150. The Morgan fingerprint density at radius 2 is 1.53 bits per heavy atom. The van der Waals surface area contributed by atoms with Crippen molar-refractivity contribution in [1.29, 1.82) is 0 Å². The summed E-state index contributed by atoms with van der Waals surface area (Å²) >= 11 is 0. The molecule has 0 bridgehead atoms. The van der Waals surface area contributed by atoms with E-state index in [-0.39, 0.29) is 12.2 Å². The Labute approximate surface area is 189 Å². The van der Waals surface area contributed by atoms with E-state index in [0.29, 0.717) is 22.5 Å². The first-order valence-corrected chi connectivity index (χ1v) is 9.48. The first kappa shape index (κ1) is 25.4. The fourth-order valence-corrected chi connectivity index (χ4v) is 3.02. The van der Waals surface area contributed by atoms with Gasteiger partial charge in [0.1, 0.15) is 17.8 Å². The van der Waals surface area contributed by atoms with Gasteiger partial charge in [-0.1, -0.05) is 12.1 Å². The predicted octanol–water partition coefficient (Wildman–Crippen LogP) is 0.588. The molecule has 2 rings (SSSR count). The monoisotopic (exact) mass is 478 g/mol. The van der Waals surface area contributed by atoms with Crippen LogP contribution in [0, 0.1) is 20.2 Å². The van der Waals surface area contributed by atoms with Crippen molar-refractivity contribution in [2.24, 2.45) is 0 Å². The van der Waals surface area contributed by atoms with Crippen molar-refractivity contribution in [3.8, 4) is 5.75 Å². The summed E-state index contributed by atoms with van der Waals surface area (Å²) in [6.07, 6.45) is -0.308. The molecule has 0 radical (unpaired) electrons. The zero-order chi connectivity index (χ0) is 25.6. The van der Waals surface area contributed by atoms with Crippen molar-refractivity contribution >= 4 is 29.2 Å². The zero-order valence-corrected chi connectivity index (χ0v) is 17.2. The van der Waals surface area contributed by atoms with Gasteiger partial charge in [0.15, 0.2) is 0 Å². The topological polar surface area (TPSA) is 232 Å². The van der Waals surface area contributed by atoms with Gasteiger partial charge in [-0.2, -0.15) is 0 Å². The van der Waals surface area contributed by atoms with Gasteiger partial charge in [-0.15, -0.1) is 0 Å². The zero-order valence-electron chi connectivity index (χ0n) is 17.2. The van der Waals surface area contributed by atoms with E-state index in [0.717, 1.165) is 0 Å². The highest BCUT2D eigenvalue weighted by Gasteiger charge is 2.31. The molecule has 0 saturated carbocycles. The van der Waals surface area contributed by atoms with E-state index in [9.17, 15) is 49.6 Å². The van der Waals surface area contributed by atoms with Crippen LogP contribution in [0.1, 0.15) is 24.4 Å². The van der Waals surface area contributed by atoms with Crippen LogP contribution in [0.5, 0.6) is 5.75 Å². The molecule has 0 aliphatic rings. The molecule has 0 spiro atoms. The van der Waals surface area contributed by atoms with Crippen molar-refractivity contribution < 1.29 is 39.5 Å². The van der Waals surface area contributed by atoms with Gasteiger partial charge < -0.3 is 25.2 Å². The summed E-state index contributed by atoms with van der Waals surface area (Å²) in [6.45, 7) is 0. The highest BCUT2D eigenvalue weighted by atomic mass is 16.6. The lowest BCUT2D eigenvalue weighted by Gasteiger charge is -2.22. The maximum absolute atomic E-state index is 12.9. The highest BCUT2D eigenvalue weighted by molar-refractivity contribution is 5.86. The van der Waals surface area contributed by atoms with Crippen molar-refractivity contribution in [2.75, 3.05) is 0 Å². The number of phenolic OH excluding ortho intramolecular Hbond substituents is 1. The molecule has 0 saturated heterocycles. The van der Waals surface area contributed by atoms with Gasteiger partial charge in [-0.05, 0) is 24.1 Å². The Kier molecular flexibility index (Phi) is 7.98. The molecule has 180 valence electrons. The van der Waals surface area contributed by atoms with E-state index in [2.05, 4.69) is 5.32 Å². The molecule has 0 unspecified atom stereocenters. The molecule has 2 aromatic rings. The highest BCUT2D eigenvalue weighted by Crippen LogP contribution is 2.21. The van der Waals surface area contributed by atoms with Crippen molar-refractivity contribution in [3.63, 3.8) is 0 Å². The number of hydrogen-bond acceptors (Lipinski definition) is 9. The van der Waals surface area contributed by atoms with E-state index in [1.54, 1.807) is 0 Å². The summed E-state index contributed by atoms with van der Waals surface area (Å²) < 4.78 is 0.648. The quantitative estimate of drug-likeness (QED) is 0.258. The molecule has 0 aliphatic heterocycles. The van der Waals surface area contributed by atoms with Crippen LogP contribution in [0.3, 0.4) is 0 Å². The maximum atomic E-state index is 12.9. The number of aliphatic carboxylic acids is 2.